The van der Waals surface area contributed by atoms with Crippen molar-refractivity contribution in [2.75, 3.05) is 5.33 Å². The number of aryl methyl sites for hydroxylation is 1. The van der Waals surface area contributed by atoms with Gasteiger partial charge in [-0.25, -0.2) is 9.78 Å². The highest BCUT2D eigenvalue weighted by Crippen LogP contribution is 2.10. The van der Waals surface area contributed by atoms with Crippen molar-refractivity contribution in [2.24, 2.45) is 0 Å². The van der Waals surface area contributed by atoms with E-state index in [1.165, 1.54) is 0 Å². The first-order valence-corrected chi connectivity index (χ1v) is 6.45. The molecule has 0 saturated heterocycles. The summed E-state index contributed by atoms with van der Waals surface area (Å²) in [6.45, 7) is 0.699. The van der Waals surface area contributed by atoms with Crippen LogP contribution in [0.1, 0.15) is 19.3 Å². The van der Waals surface area contributed by atoms with Crippen LogP contribution in [0.3, 0.4) is 0 Å². The molecule has 0 amide bonds. The lowest BCUT2D eigenvalue weighted by Gasteiger charge is -2.00. The van der Waals surface area contributed by atoms with Crippen LogP contribution in [-0.4, -0.2) is 14.9 Å². The van der Waals surface area contributed by atoms with E-state index in [0.29, 0.717) is 12.3 Å². The maximum atomic E-state index is 11.5. The van der Waals surface area contributed by atoms with Crippen molar-refractivity contribution in [3.05, 3.63) is 28.9 Å². The van der Waals surface area contributed by atoms with Gasteiger partial charge in [-0.05, 0) is 25.0 Å². The predicted octanol–water partition coefficient (Wildman–Crippen LogP) is 2.55. The van der Waals surface area contributed by atoms with E-state index in [-0.39, 0.29) is 5.76 Å². The number of aromatic nitrogens is 2. The molecule has 0 aromatic carbocycles. The van der Waals surface area contributed by atoms with E-state index in [0.717, 1.165) is 30.1 Å². The van der Waals surface area contributed by atoms with Crippen LogP contribution in [0, 0.1) is 0 Å². The highest BCUT2D eigenvalue weighted by atomic mass is 79.9. The summed E-state index contributed by atoms with van der Waals surface area (Å²) in [6, 6.07) is 3.67. The largest absolute Gasteiger partial charge is 0.421 e. The van der Waals surface area contributed by atoms with Crippen molar-refractivity contribution in [3.63, 3.8) is 0 Å². The molecule has 86 valence electrons. The Morgan fingerprint density at radius 2 is 2.25 bits per heavy atom. The summed E-state index contributed by atoms with van der Waals surface area (Å²) in [7, 11) is 0. The van der Waals surface area contributed by atoms with Crippen LogP contribution < -0.4 is 5.76 Å². The zero-order valence-electron chi connectivity index (χ0n) is 8.86. The Kier molecular flexibility index (Phi) is 3.77. The normalized spacial score (nSPS) is 11.1. The van der Waals surface area contributed by atoms with Gasteiger partial charge in [0.1, 0.15) is 5.52 Å². The third kappa shape index (κ3) is 2.35. The van der Waals surface area contributed by atoms with E-state index < -0.39 is 0 Å². The van der Waals surface area contributed by atoms with Gasteiger partial charge in [0.25, 0.3) is 0 Å². The van der Waals surface area contributed by atoms with Crippen LogP contribution in [0.25, 0.3) is 11.2 Å². The van der Waals surface area contributed by atoms with Crippen LogP contribution in [0.15, 0.2) is 27.5 Å². The lowest BCUT2D eigenvalue weighted by molar-refractivity contribution is 0.487. The average molecular weight is 285 g/mol. The third-order valence-electron chi connectivity index (χ3n) is 2.46. The maximum Gasteiger partial charge on any atom is 0.421 e. The number of alkyl halides is 1. The molecule has 2 rings (SSSR count). The van der Waals surface area contributed by atoms with Crippen molar-refractivity contribution >= 4 is 27.2 Å². The second-order valence-electron chi connectivity index (χ2n) is 3.60. The Hall–Kier alpha value is -1.10. The van der Waals surface area contributed by atoms with Crippen molar-refractivity contribution in [2.45, 2.75) is 25.8 Å². The topological polar surface area (TPSA) is 48.0 Å². The molecule has 0 aliphatic carbocycles. The Morgan fingerprint density at radius 3 is 3.06 bits per heavy atom. The molecule has 16 heavy (non-hydrogen) atoms. The van der Waals surface area contributed by atoms with Crippen LogP contribution in [0.4, 0.5) is 0 Å². The lowest BCUT2D eigenvalue weighted by Crippen LogP contribution is -2.14. The van der Waals surface area contributed by atoms with Crippen molar-refractivity contribution in [1.82, 2.24) is 9.55 Å². The maximum absolute atomic E-state index is 11.5. The first-order chi connectivity index (χ1) is 7.83. The number of fused-ring (bicyclic) bond motifs is 1. The molecule has 0 fully saturated rings. The van der Waals surface area contributed by atoms with E-state index >= 15 is 0 Å². The number of oxazole rings is 1. The fraction of sp³-hybridized carbons (Fsp3) is 0.455. The summed E-state index contributed by atoms with van der Waals surface area (Å²) in [5, 5.41) is 1.01. The van der Waals surface area contributed by atoms with Gasteiger partial charge >= 0.3 is 5.76 Å². The van der Waals surface area contributed by atoms with Crippen molar-refractivity contribution in [3.8, 4) is 0 Å². The van der Waals surface area contributed by atoms with Crippen LogP contribution in [0.2, 0.25) is 0 Å². The quantitative estimate of drug-likeness (QED) is 0.626. The lowest BCUT2D eigenvalue weighted by atomic mass is 10.2. The molecular formula is C11H13BrN2O2. The minimum Gasteiger partial charge on any atom is -0.389 e. The van der Waals surface area contributed by atoms with Gasteiger partial charge in [0.15, 0.2) is 0 Å². The molecule has 2 aromatic rings. The second kappa shape index (κ2) is 5.30. The number of hydrogen-bond acceptors (Lipinski definition) is 3. The van der Waals surface area contributed by atoms with Gasteiger partial charge in [-0.3, -0.25) is 4.57 Å². The van der Waals surface area contributed by atoms with E-state index in [2.05, 4.69) is 20.9 Å². The summed E-state index contributed by atoms with van der Waals surface area (Å²) in [6.07, 6.45) is 4.84. The average Bonchev–Trinajstić information content (AvgIpc) is 2.61. The van der Waals surface area contributed by atoms with Gasteiger partial charge in [0, 0.05) is 18.1 Å². The van der Waals surface area contributed by atoms with E-state index in [1.54, 1.807) is 10.8 Å². The van der Waals surface area contributed by atoms with Gasteiger partial charge in [-0.2, -0.15) is 0 Å². The fourth-order valence-corrected chi connectivity index (χ4v) is 2.05. The molecule has 0 aliphatic heterocycles. The number of hydrogen-bond donors (Lipinski definition) is 0. The highest BCUT2D eigenvalue weighted by molar-refractivity contribution is 9.09. The molecule has 0 aliphatic rings. The first-order valence-electron chi connectivity index (χ1n) is 5.33. The Labute approximate surface area is 101 Å². The Morgan fingerprint density at radius 1 is 1.38 bits per heavy atom. The van der Waals surface area contributed by atoms with E-state index in [9.17, 15) is 4.79 Å². The molecular weight excluding hydrogens is 272 g/mol. The van der Waals surface area contributed by atoms with E-state index in [1.807, 2.05) is 12.1 Å². The Bertz CT molecular complexity index is 518. The molecule has 0 radical (unpaired) electrons. The fourth-order valence-electron chi connectivity index (χ4n) is 1.66. The first kappa shape index (κ1) is 11.4. The third-order valence-corrected chi connectivity index (χ3v) is 3.02. The van der Waals surface area contributed by atoms with Crippen LogP contribution in [-0.2, 0) is 6.54 Å². The van der Waals surface area contributed by atoms with Gasteiger partial charge in [-0.1, -0.05) is 22.4 Å². The number of unbranched alkanes of at least 4 members (excludes halogenated alkanes) is 2. The SMILES string of the molecule is O=c1oc2ncccc2n1CCCCCBr. The molecule has 0 unspecified atom stereocenters. The predicted molar refractivity (Wildman–Crippen MR) is 65.9 cm³/mol. The van der Waals surface area contributed by atoms with Crippen molar-refractivity contribution < 1.29 is 4.42 Å². The summed E-state index contributed by atoms with van der Waals surface area (Å²) >= 11 is 3.39. The number of halogens is 1. The molecule has 2 heterocycles. The highest BCUT2D eigenvalue weighted by Gasteiger charge is 2.08. The smallest absolute Gasteiger partial charge is 0.389 e. The number of rotatable bonds is 5. The summed E-state index contributed by atoms with van der Waals surface area (Å²) < 4.78 is 6.69. The summed E-state index contributed by atoms with van der Waals surface area (Å²) in [5.41, 5.74) is 1.21. The minimum atomic E-state index is -0.312. The standard InChI is InChI=1S/C11H13BrN2O2/c12-6-2-1-3-8-14-9-5-4-7-13-10(9)16-11(14)15/h4-5,7H,1-3,6,8H2. The Balaban J connectivity index is 2.16. The van der Waals surface area contributed by atoms with Crippen LogP contribution >= 0.6 is 15.9 Å². The van der Waals surface area contributed by atoms with Gasteiger partial charge in [0.05, 0.1) is 0 Å². The molecule has 0 atom stereocenters. The molecule has 0 spiro atoms. The van der Waals surface area contributed by atoms with Crippen LogP contribution in [0.5, 0.6) is 0 Å². The van der Waals surface area contributed by atoms with E-state index in [4.69, 9.17) is 4.42 Å². The van der Waals surface area contributed by atoms with Gasteiger partial charge < -0.3 is 4.42 Å². The van der Waals surface area contributed by atoms with Gasteiger partial charge in [-0.15, -0.1) is 0 Å². The molecule has 4 nitrogen and oxygen atoms in total. The number of nitrogens with zero attached hydrogens (tertiary/aromatic N) is 2. The molecule has 0 N–H and O–H groups in total. The number of pyridine rings is 1. The molecule has 2 aromatic heterocycles. The summed E-state index contributed by atoms with van der Waals surface area (Å²) in [4.78, 5) is 15.6. The molecule has 5 heteroatoms. The summed E-state index contributed by atoms with van der Waals surface area (Å²) in [5.74, 6) is -0.312. The van der Waals surface area contributed by atoms with Crippen molar-refractivity contribution in [1.29, 1.82) is 0 Å². The zero-order valence-corrected chi connectivity index (χ0v) is 10.4. The second-order valence-corrected chi connectivity index (χ2v) is 4.39. The minimum absolute atomic E-state index is 0.312. The zero-order chi connectivity index (χ0) is 11.4. The van der Waals surface area contributed by atoms with Gasteiger partial charge in [0.2, 0.25) is 5.71 Å². The molecule has 0 bridgehead atoms. The monoisotopic (exact) mass is 284 g/mol. The molecule has 0 saturated carbocycles.